The molecule has 0 amide bonds. The second-order valence-corrected chi connectivity index (χ2v) is 8.84. The molecule has 1 aromatic carbocycles. The number of hydrogen-bond acceptors (Lipinski definition) is 6. The minimum atomic E-state index is -0.791. The monoisotopic (exact) mass is 412 g/mol. The predicted molar refractivity (Wildman–Crippen MR) is 118 cm³/mol. The topological polar surface area (TPSA) is 105 Å². The Morgan fingerprint density at radius 2 is 1.03 bits per heavy atom. The van der Waals surface area contributed by atoms with Gasteiger partial charge in [-0.3, -0.25) is 0 Å². The van der Waals surface area contributed by atoms with Crippen LogP contribution >= 0.6 is 0 Å². The molecule has 0 bridgehead atoms. The van der Waals surface area contributed by atoms with Crippen LogP contribution in [-0.4, -0.2) is 23.1 Å². The third kappa shape index (κ3) is 6.10. The molecule has 0 aliphatic heterocycles. The minimum absolute atomic E-state index is 0.0353. The zero-order valence-electron chi connectivity index (χ0n) is 18.8. The van der Waals surface area contributed by atoms with Gasteiger partial charge in [0.05, 0.1) is 11.1 Å². The minimum Gasteiger partial charge on any atom is -0.456 e. The van der Waals surface area contributed by atoms with E-state index in [2.05, 4.69) is 11.8 Å². The van der Waals surface area contributed by atoms with Gasteiger partial charge in [0, 0.05) is 25.9 Å². The van der Waals surface area contributed by atoms with Gasteiger partial charge in [-0.1, -0.05) is 0 Å². The van der Waals surface area contributed by atoms with Crippen LogP contribution in [0.5, 0.6) is 0 Å². The maximum absolute atomic E-state index is 13.2. The molecule has 4 N–H and O–H groups in total. The molecular formula is C24H32N2O4. The van der Waals surface area contributed by atoms with Gasteiger partial charge in [-0.25, -0.2) is 9.59 Å². The van der Waals surface area contributed by atoms with Crippen molar-refractivity contribution in [2.75, 3.05) is 0 Å². The van der Waals surface area contributed by atoms with Gasteiger partial charge < -0.3 is 20.9 Å². The van der Waals surface area contributed by atoms with E-state index in [1.165, 1.54) is 0 Å². The van der Waals surface area contributed by atoms with Crippen LogP contribution < -0.4 is 11.5 Å². The van der Waals surface area contributed by atoms with Crippen LogP contribution in [0.2, 0.25) is 0 Å². The molecule has 0 atom stereocenters. The zero-order valence-corrected chi connectivity index (χ0v) is 18.8. The van der Waals surface area contributed by atoms with Crippen molar-refractivity contribution in [1.29, 1.82) is 0 Å². The highest BCUT2D eigenvalue weighted by Crippen LogP contribution is 2.32. The lowest BCUT2D eigenvalue weighted by Gasteiger charge is -2.27. The van der Waals surface area contributed by atoms with Crippen molar-refractivity contribution in [3.8, 4) is 24.7 Å². The maximum atomic E-state index is 13.2. The molecule has 30 heavy (non-hydrogen) atoms. The normalized spacial score (nSPS) is 11.4. The predicted octanol–water partition coefficient (Wildman–Crippen LogP) is 2.87. The number of esters is 2. The SMILES string of the molecule is C#CCc1c(CC#C)c(CN)c(C(=O)OC(C)(C)C)c(C(=O)OC(C)(C)C)c1CN. The molecule has 0 aliphatic carbocycles. The number of ether oxygens (including phenoxy) is 2. The molecule has 6 nitrogen and oxygen atoms in total. The summed E-state index contributed by atoms with van der Waals surface area (Å²) in [7, 11) is 0. The van der Waals surface area contributed by atoms with Gasteiger partial charge in [0.15, 0.2) is 0 Å². The summed E-state index contributed by atoms with van der Waals surface area (Å²) in [4.78, 5) is 26.4. The van der Waals surface area contributed by atoms with E-state index in [1.54, 1.807) is 41.5 Å². The van der Waals surface area contributed by atoms with Gasteiger partial charge in [-0.2, -0.15) is 0 Å². The standard InChI is InChI=1S/C24H32N2O4/c1-9-11-15-16(12-10-2)18(14-26)20(22(28)30-24(6,7)8)19(17(15)13-25)21(27)29-23(3,4)5/h1-2H,11-14,25-26H2,3-8H3. The molecule has 1 aromatic rings. The van der Waals surface area contributed by atoms with Crippen LogP contribution in [-0.2, 0) is 35.4 Å². The first-order valence-electron chi connectivity index (χ1n) is 9.74. The first-order valence-corrected chi connectivity index (χ1v) is 9.74. The Kier molecular flexibility index (Phi) is 8.25. The molecule has 0 aliphatic rings. The van der Waals surface area contributed by atoms with Crippen LogP contribution in [0, 0.1) is 24.7 Å². The van der Waals surface area contributed by atoms with Gasteiger partial charge >= 0.3 is 11.9 Å². The van der Waals surface area contributed by atoms with Crippen LogP contribution in [0.1, 0.15) is 84.5 Å². The smallest absolute Gasteiger partial charge is 0.339 e. The van der Waals surface area contributed by atoms with Crippen molar-refractivity contribution in [2.24, 2.45) is 11.5 Å². The Bertz CT molecular complexity index is 829. The molecule has 0 saturated heterocycles. The quantitative estimate of drug-likeness (QED) is 0.550. The number of carbonyl (C=O) groups is 2. The van der Waals surface area contributed by atoms with Gasteiger partial charge in [0.25, 0.3) is 0 Å². The molecule has 0 aromatic heterocycles. The van der Waals surface area contributed by atoms with Crippen LogP contribution in [0.3, 0.4) is 0 Å². The molecule has 0 spiro atoms. The number of rotatable bonds is 6. The molecule has 162 valence electrons. The van der Waals surface area contributed by atoms with E-state index in [0.717, 1.165) is 0 Å². The highest BCUT2D eigenvalue weighted by atomic mass is 16.6. The van der Waals surface area contributed by atoms with E-state index in [4.69, 9.17) is 33.8 Å². The molecule has 6 heteroatoms. The molecule has 0 radical (unpaired) electrons. The molecule has 0 unspecified atom stereocenters. The van der Waals surface area contributed by atoms with E-state index < -0.39 is 23.1 Å². The molecular weight excluding hydrogens is 380 g/mol. The third-order valence-electron chi connectivity index (χ3n) is 4.12. The first-order chi connectivity index (χ1) is 13.8. The van der Waals surface area contributed by atoms with Crippen molar-refractivity contribution in [3.05, 3.63) is 33.4 Å². The van der Waals surface area contributed by atoms with Crippen molar-refractivity contribution in [2.45, 2.75) is 78.7 Å². The highest BCUT2D eigenvalue weighted by Gasteiger charge is 2.34. The summed E-state index contributed by atoms with van der Waals surface area (Å²) in [5.41, 5.74) is 12.6. The van der Waals surface area contributed by atoms with E-state index in [0.29, 0.717) is 22.3 Å². The maximum Gasteiger partial charge on any atom is 0.339 e. The second-order valence-electron chi connectivity index (χ2n) is 8.84. The summed E-state index contributed by atoms with van der Waals surface area (Å²) in [6.45, 7) is 10.3. The Labute approximate surface area is 179 Å². The first kappa shape index (κ1) is 25.2. The molecule has 1 rings (SSSR count). The molecule has 0 saturated carbocycles. The van der Waals surface area contributed by atoms with Crippen LogP contribution in [0.4, 0.5) is 0 Å². The van der Waals surface area contributed by atoms with E-state index in [9.17, 15) is 9.59 Å². The van der Waals surface area contributed by atoms with Gasteiger partial charge in [-0.05, 0) is 63.8 Å². The fraction of sp³-hybridized carbons (Fsp3) is 0.500. The van der Waals surface area contributed by atoms with E-state index in [-0.39, 0.29) is 37.1 Å². The zero-order chi connectivity index (χ0) is 23.3. The number of hydrogen-bond donors (Lipinski definition) is 2. The number of nitrogens with two attached hydrogens (primary N) is 2. The summed E-state index contributed by atoms with van der Waals surface area (Å²) in [6.07, 6.45) is 11.5. The summed E-state index contributed by atoms with van der Waals surface area (Å²) in [6, 6.07) is 0. The Hall–Kier alpha value is -2.80. The largest absolute Gasteiger partial charge is 0.456 e. The third-order valence-corrected chi connectivity index (χ3v) is 4.12. The number of benzene rings is 1. The van der Waals surface area contributed by atoms with E-state index >= 15 is 0 Å². The Morgan fingerprint density at radius 1 is 0.733 bits per heavy atom. The molecule has 0 fully saturated rings. The molecule has 0 heterocycles. The summed E-state index contributed by atoms with van der Waals surface area (Å²) in [5.74, 6) is 3.77. The Morgan fingerprint density at radius 3 is 1.23 bits per heavy atom. The summed E-state index contributed by atoms with van der Waals surface area (Å²) in [5, 5.41) is 0. The summed E-state index contributed by atoms with van der Waals surface area (Å²) >= 11 is 0. The van der Waals surface area contributed by atoms with Crippen molar-refractivity contribution >= 4 is 11.9 Å². The second kappa shape index (κ2) is 9.80. The lowest BCUT2D eigenvalue weighted by atomic mass is 9.83. The van der Waals surface area contributed by atoms with Crippen molar-refractivity contribution in [1.82, 2.24) is 0 Å². The average molecular weight is 413 g/mol. The van der Waals surface area contributed by atoms with Crippen LogP contribution in [0.15, 0.2) is 0 Å². The number of terminal acetylenes is 2. The lowest BCUT2D eigenvalue weighted by Crippen LogP contribution is -2.31. The average Bonchev–Trinajstić information content (AvgIpc) is 2.59. The van der Waals surface area contributed by atoms with Crippen LogP contribution in [0.25, 0.3) is 0 Å². The van der Waals surface area contributed by atoms with Gasteiger partial charge in [-0.15, -0.1) is 24.7 Å². The fourth-order valence-corrected chi connectivity index (χ4v) is 3.16. The van der Waals surface area contributed by atoms with Gasteiger partial charge in [0.1, 0.15) is 11.2 Å². The van der Waals surface area contributed by atoms with E-state index in [1.807, 2.05) is 0 Å². The van der Waals surface area contributed by atoms with Crippen molar-refractivity contribution in [3.63, 3.8) is 0 Å². The van der Waals surface area contributed by atoms with Gasteiger partial charge in [0.2, 0.25) is 0 Å². The number of carbonyl (C=O) groups excluding carboxylic acids is 2. The summed E-state index contributed by atoms with van der Waals surface area (Å²) < 4.78 is 11.2. The van der Waals surface area contributed by atoms with Crippen molar-refractivity contribution < 1.29 is 19.1 Å². The fourth-order valence-electron chi connectivity index (χ4n) is 3.16. The lowest BCUT2D eigenvalue weighted by molar-refractivity contribution is 0.00164. The highest BCUT2D eigenvalue weighted by molar-refractivity contribution is 6.06. The Balaban J connectivity index is 4.08.